The average Bonchev–Trinajstić information content (AvgIpc) is 2.58. The molecule has 0 radical (unpaired) electrons. The highest BCUT2D eigenvalue weighted by Crippen LogP contribution is 2.22. The molecule has 2 aromatic carbocycles. The Hall–Kier alpha value is -3.30. The third-order valence-corrected chi connectivity index (χ3v) is 3.26. The van der Waals surface area contributed by atoms with Crippen molar-refractivity contribution in [2.24, 2.45) is 11.5 Å². The number of hydrogen-bond acceptors (Lipinski definition) is 5. The molecular formula is C16H18N4O5. The van der Waals surface area contributed by atoms with Gasteiger partial charge in [0.1, 0.15) is 11.5 Å². The minimum atomic E-state index is -0.932. The van der Waals surface area contributed by atoms with E-state index in [2.05, 4.69) is 0 Å². The molecule has 132 valence electrons. The molecule has 2 rings (SSSR count). The lowest BCUT2D eigenvalue weighted by molar-refractivity contribution is -0.0470. The second-order valence-corrected chi connectivity index (χ2v) is 5.18. The van der Waals surface area contributed by atoms with Crippen LogP contribution in [0.2, 0.25) is 0 Å². The standard InChI is InChI=1S/C16H18N4O5/c17-15(21)19(23)9-11-1-5-13(6-2-11)25-14-7-3-12(4-8-14)10-20(24)16(18)22/h1-8,23-24H,9-10H2,(H2,17,21)(H2,18,22). The van der Waals surface area contributed by atoms with E-state index in [9.17, 15) is 20.0 Å². The SMILES string of the molecule is NC(=O)N(O)Cc1ccc(Oc2ccc(CN(O)C(N)=O)cc2)cc1. The maximum atomic E-state index is 10.8. The smallest absolute Gasteiger partial charge is 0.338 e. The quantitative estimate of drug-likeness (QED) is 0.467. The molecule has 9 heteroatoms. The second kappa shape index (κ2) is 7.99. The largest absolute Gasteiger partial charge is 0.457 e. The molecule has 0 fully saturated rings. The maximum absolute atomic E-state index is 10.8. The van der Waals surface area contributed by atoms with Gasteiger partial charge in [0.25, 0.3) is 0 Å². The number of primary amides is 2. The number of hydroxylamine groups is 4. The summed E-state index contributed by atoms with van der Waals surface area (Å²) in [4.78, 5) is 21.5. The molecule has 25 heavy (non-hydrogen) atoms. The molecule has 0 unspecified atom stereocenters. The predicted octanol–water partition coefficient (Wildman–Crippen LogP) is 2.02. The van der Waals surface area contributed by atoms with E-state index >= 15 is 0 Å². The van der Waals surface area contributed by atoms with Crippen molar-refractivity contribution in [2.75, 3.05) is 0 Å². The number of carbonyl (C=O) groups is 2. The number of urea groups is 2. The molecule has 0 saturated heterocycles. The fraction of sp³-hybridized carbons (Fsp3) is 0.125. The van der Waals surface area contributed by atoms with Crippen LogP contribution in [0.25, 0.3) is 0 Å². The lowest BCUT2D eigenvalue weighted by Crippen LogP contribution is -2.31. The molecule has 0 atom stereocenters. The number of rotatable bonds is 6. The highest BCUT2D eigenvalue weighted by Gasteiger charge is 2.08. The summed E-state index contributed by atoms with van der Waals surface area (Å²) in [5.74, 6) is 1.11. The van der Waals surface area contributed by atoms with Gasteiger partial charge in [-0.3, -0.25) is 10.4 Å². The second-order valence-electron chi connectivity index (χ2n) is 5.18. The molecule has 0 aliphatic rings. The molecule has 0 saturated carbocycles. The number of nitrogens with zero attached hydrogens (tertiary/aromatic N) is 2. The monoisotopic (exact) mass is 346 g/mol. The van der Waals surface area contributed by atoms with E-state index in [0.717, 1.165) is 0 Å². The first-order valence-electron chi connectivity index (χ1n) is 7.22. The average molecular weight is 346 g/mol. The van der Waals surface area contributed by atoms with Gasteiger partial charge >= 0.3 is 12.1 Å². The summed E-state index contributed by atoms with van der Waals surface area (Å²) in [7, 11) is 0. The van der Waals surface area contributed by atoms with Crippen molar-refractivity contribution < 1.29 is 24.7 Å². The Labute approximate surface area is 143 Å². The summed E-state index contributed by atoms with van der Waals surface area (Å²) in [6.45, 7) is -0.0519. The maximum Gasteiger partial charge on any atom is 0.338 e. The third-order valence-electron chi connectivity index (χ3n) is 3.26. The van der Waals surface area contributed by atoms with E-state index in [1.807, 2.05) is 0 Å². The number of benzene rings is 2. The summed E-state index contributed by atoms with van der Waals surface area (Å²) >= 11 is 0. The summed E-state index contributed by atoms with van der Waals surface area (Å²) < 4.78 is 5.66. The minimum Gasteiger partial charge on any atom is -0.457 e. The van der Waals surface area contributed by atoms with Crippen LogP contribution >= 0.6 is 0 Å². The third kappa shape index (κ3) is 5.37. The van der Waals surface area contributed by atoms with Gasteiger partial charge < -0.3 is 16.2 Å². The van der Waals surface area contributed by atoms with Gasteiger partial charge in [-0.05, 0) is 35.4 Å². The molecule has 9 nitrogen and oxygen atoms in total. The molecule has 0 spiro atoms. The Morgan fingerprint density at radius 1 is 0.760 bits per heavy atom. The van der Waals surface area contributed by atoms with Gasteiger partial charge in [0.05, 0.1) is 13.1 Å². The lowest BCUT2D eigenvalue weighted by Gasteiger charge is -2.13. The highest BCUT2D eigenvalue weighted by atomic mass is 16.5. The molecule has 0 aliphatic carbocycles. The minimum absolute atomic E-state index is 0.0260. The van der Waals surface area contributed by atoms with Gasteiger partial charge in [0.15, 0.2) is 0 Å². The molecule has 4 amide bonds. The Morgan fingerprint density at radius 3 is 1.36 bits per heavy atom. The van der Waals surface area contributed by atoms with E-state index in [0.29, 0.717) is 32.8 Å². The van der Waals surface area contributed by atoms with Gasteiger partial charge in [-0.1, -0.05) is 24.3 Å². The van der Waals surface area contributed by atoms with Crippen LogP contribution in [0.3, 0.4) is 0 Å². The Bertz CT molecular complexity index is 670. The van der Waals surface area contributed by atoms with Crippen molar-refractivity contribution in [3.05, 3.63) is 59.7 Å². The first-order chi connectivity index (χ1) is 11.8. The van der Waals surface area contributed by atoms with Crippen LogP contribution in [0.5, 0.6) is 11.5 Å². The normalized spacial score (nSPS) is 10.2. The Kier molecular flexibility index (Phi) is 5.77. The summed E-state index contributed by atoms with van der Waals surface area (Å²) in [5, 5.41) is 19.4. The van der Waals surface area contributed by atoms with Crippen molar-refractivity contribution in [1.82, 2.24) is 10.1 Å². The summed E-state index contributed by atoms with van der Waals surface area (Å²) in [6.07, 6.45) is 0. The zero-order valence-electron chi connectivity index (χ0n) is 13.2. The number of amides is 4. The van der Waals surface area contributed by atoms with E-state index in [-0.39, 0.29) is 13.1 Å². The van der Waals surface area contributed by atoms with E-state index < -0.39 is 12.1 Å². The zero-order valence-corrected chi connectivity index (χ0v) is 13.2. The lowest BCUT2D eigenvalue weighted by atomic mass is 10.2. The molecular weight excluding hydrogens is 328 g/mol. The van der Waals surface area contributed by atoms with Crippen LogP contribution in [-0.2, 0) is 13.1 Å². The van der Waals surface area contributed by atoms with Crippen molar-refractivity contribution in [2.45, 2.75) is 13.1 Å². The Morgan fingerprint density at radius 2 is 1.08 bits per heavy atom. The van der Waals surface area contributed by atoms with Gasteiger partial charge in [-0.15, -0.1) is 0 Å². The summed E-state index contributed by atoms with van der Waals surface area (Å²) in [6, 6.07) is 11.6. The van der Waals surface area contributed by atoms with Crippen LogP contribution in [0, 0.1) is 0 Å². The number of carbonyl (C=O) groups excluding carboxylic acids is 2. The van der Waals surface area contributed by atoms with Crippen LogP contribution in [-0.4, -0.2) is 32.6 Å². The van der Waals surface area contributed by atoms with Gasteiger partial charge in [0.2, 0.25) is 0 Å². The molecule has 0 aliphatic heterocycles. The van der Waals surface area contributed by atoms with E-state index in [1.54, 1.807) is 48.5 Å². The first kappa shape index (κ1) is 18.0. The molecule has 0 heterocycles. The summed E-state index contributed by atoms with van der Waals surface area (Å²) in [5.41, 5.74) is 11.2. The predicted molar refractivity (Wildman–Crippen MR) is 86.8 cm³/mol. The molecule has 0 bridgehead atoms. The fourth-order valence-electron chi connectivity index (χ4n) is 1.96. The number of nitrogens with two attached hydrogens (primary N) is 2. The van der Waals surface area contributed by atoms with E-state index in [1.165, 1.54) is 0 Å². The van der Waals surface area contributed by atoms with Crippen LogP contribution < -0.4 is 16.2 Å². The number of hydrogen-bond donors (Lipinski definition) is 4. The molecule has 6 N–H and O–H groups in total. The first-order valence-corrected chi connectivity index (χ1v) is 7.22. The van der Waals surface area contributed by atoms with Gasteiger partial charge in [-0.2, -0.15) is 0 Å². The number of ether oxygens (including phenoxy) is 1. The van der Waals surface area contributed by atoms with E-state index in [4.69, 9.17) is 16.2 Å². The van der Waals surface area contributed by atoms with Crippen LogP contribution in [0.4, 0.5) is 9.59 Å². The molecule has 0 aromatic heterocycles. The molecule has 2 aromatic rings. The Balaban J connectivity index is 1.95. The zero-order chi connectivity index (χ0) is 18.4. The fourth-order valence-corrected chi connectivity index (χ4v) is 1.96. The van der Waals surface area contributed by atoms with Crippen LogP contribution in [0.1, 0.15) is 11.1 Å². The van der Waals surface area contributed by atoms with Crippen LogP contribution in [0.15, 0.2) is 48.5 Å². The van der Waals surface area contributed by atoms with Gasteiger partial charge in [-0.25, -0.2) is 19.7 Å². The van der Waals surface area contributed by atoms with Crippen molar-refractivity contribution in [3.63, 3.8) is 0 Å². The van der Waals surface area contributed by atoms with Crippen molar-refractivity contribution in [3.8, 4) is 11.5 Å². The highest BCUT2D eigenvalue weighted by molar-refractivity contribution is 5.70. The van der Waals surface area contributed by atoms with Crippen molar-refractivity contribution >= 4 is 12.1 Å². The topological polar surface area (TPSA) is 142 Å². The van der Waals surface area contributed by atoms with Crippen molar-refractivity contribution in [1.29, 1.82) is 0 Å². The van der Waals surface area contributed by atoms with Gasteiger partial charge in [0, 0.05) is 0 Å².